The minimum Gasteiger partial charge on any atom is -0.425 e. The molecule has 172 valence electrons. The highest BCUT2D eigenvalue weighted by molar-refractivity contribution is 7.17. The third-order valence-corrected chi connectivity index (χ3v) is 5.73. The molecule has 0 saturated carbocycles. The van der Waals surface area contributed by atoms with Crippen molar-refractivity contribution >= 4 is 20.4 Å². The van der Waals surface area contributed by atoms with Crippen LogP contribution in [0.1, 0.15) is 23.6 Å². The molecule has 0 aliphatic heterocycles. The summed E-state index contributed by atoms with van der Waals surface area (Å²) in [5.41, 5.74) is -2.04. The van der Waals surface area contributed by atoms with E-state index < -0.39 is 16.9 Å². The molecule has 0 N–H and O–H groups in total. The molecule has 7 nitrogen and oxygen atoms in total. The van der Waals surface area contributed by atoms with Crippen molar-refractivity contribution in [2.75, 3.05) is 0 Å². The molecule has 2 aromatic carbocycles. The summed E-state index contributed by atoms with van der Waals surface area (Å²) in [4.78, 5) is 30.1. The van der Waals surface area contributed by atoms with Crippen LogP contribution in [0.3, 0.4) is 0 Å². The summed E-state index contributed by atoms with van der Waals surface area (Å²) >= 11 is 0. The van der Waals surface area contributed by atoms with Crippen molar-refractivity contribution in [2.24, 2.45) is 7.05 Å². The van der Waals surface area contributed by atoms with Crippen LogP contribution in [-0.2, 0) is 25.8 Å². The highest BCUT2D eigenvalue weighted by atomic mass is 31.0. The fourth-order valence-corrected chi connectivity index (χ4v) is 3.77. The molecule has 0 amide bonds. The van der Waals surface area contributed by atoms with E-state index in [4.69, 9.17) is 4.74 Å². The van der Waals surface area contributed by atoms with Crippen molar-refractivity contribution in [3.8, 4) is 11.8 Å². The Kier molecular flexibility index (Phi) is 5.93. The second kappa shape index (κ2) is 8.56. The largest absolute Gasteiger partial charge is 0.425 e. The molecule has 33 heavy (non-hydrogen) atoms. The molecule has 0 aliphatic carbocycles. The number of hydrogen-bond acceptors (Lipinski definition) is 4. The van der Waals surface area contributed by atoms with Crippen LogP contribution in [-0.4, -0.2) is 18.7 Å². The van der Waals surface area contributed by atoms with Crippen LogP contribution in [0.15, 0.2) is 58.1 Å². The Bertz CT molecular complexity index is 1450. The number of nitrogens with zero attached hydrogens (tertiary/aromatic N) is 4. The molecule has 0 spiro atoms. The normalized spacial score (nSPS) is 11.8. The van der Waals surface area contributed by atoms with Gasteiger partial charge in [0.25, 0.3) is 11.2 Å². The Hall–Kier alpha value is -3.32. The number of alkyl halides is 2. The van der Waals surface area contributed by atoms with Crippen LogP contribution in [0.5, 0.6) is 11.8 Å². The minimum atomic E-state index is -3.12. The monoisotopic (exact) mass is 472 g/mol. The van der Waals surface area contributed by atoms with Crippen LogP contribution in [0.4, 0.5) is 8.78 Å². The van der Waals surface area contributed by atoms with E-state index in [0.717, 1.165) is 15.7 Å². The lowest BCUT2D eigenvalue weighted by molar-refractivity contribution is 0.104. The summed E-state index contributed by atoms with van der Waals surface area (Å²) < 4.78 is 37.4. The van der Waals surface area contributed by atoms with Crippen LogP contribution in [0.25, 0.3) is 11.2 Å². The van der Waals surface area contributed by atoms with Gasteiger partial charge in [0, 0.05) is 19.2 Å². The zero-order valence-corrected chi connectivity index (χ0v) is 19.5. The Labute approximate surface area is 190 Å². The third-order valence-electron chi connectivity index (χ3n) is 5.40. The van der Waals surface area contributed by atoms with Crippen LogP contribution in [0.2, 0.25) is 0 Å². The molecule has 4 rings (SSSR count). The Morgan fingerprint density at radius 1 is 1.09 bits per heavy atom. The Morgan fingerprint density at radius 3 is 2.42 bits per heavy atom. The SMILES string of the molecule is CCn1c(=O)n(C)c(=O)c2c1nc(Oc1cccc(C(F)(F)P)c1)n2Cc1ccc(C)cc1. The molecular weight excluding hydrogens is 449 g/mol. The van der Waals surface area contributed by atoms with Gasteiger partial charge in [-0.3, -0.25) is 18.5 Å². The average molecular weight is 472 g/mol. The molecule has 0 aliphatic rings. The van der Waals surface area contributed by atoms with Crippen LogP contribution < -0.4 is 16.0 Å². The lowest BCUT2D eigenvalue weighted by atomic mass is 10.1. The van der Waals surface area contributed by atoms with Gasteiger partial charge in [-0.2, -0.15) is 13.8 Å². The molecule has 2 aromatic heterocycles. The van der Waals surface area contributed by atoms with Crippen LogP contribution in [0, 0.1) is 6.92 Å². The van der Waals surface area contributed by atoms with Crippen molar-refractivity contribution < 1.29 is 13.5 Å². The number of benzene rings is 2. The highest BCUT2D eigenvalue weighted by Crippen LogP contribution is 2.37. The fourth-order valence-electron chi connectivity index (χ4n) is 3.59. The molecule has 0 bridgehead atoms. The zero-order valence-electron chi connectivity index (χ0n) is 18.4. The minimum absolute atomic E-state index is 0.0275. The van der Waals surface area contributed by atoms with Crippen LogP contribution >= 0.6 is 9.24 Å². The highest BCUT2D eigenvalue weighted by Gasteiger charge is 2.26. The van der Waals surface area contributed by atoms with E-state index in [2.05, 4.69) is 4.98 Å². The first-order valence-electron chi connectivity index (χ1n) is 10.3. The maximum atomic E-state index is 13.8. The fraction of sp³-hybridized carbons (Fsp3) is 0.261. The van der Waals surface area contributed by atoms with Gasteiger partial charge in [0.05, 0.1) is 6.54 Å². The summed E-state index contributed by atoms with van der Waals surface area (Å²) in [6.45, 7) is 4.27. The van der Waals surface area contributed by atoms with E-state index in [9.17, 15) is 18.4 Å². The maximum Gasteiger partial charge on any atom is 0.332 e. The molecule has 1 atom stereocenters. The maximum absolute atomic E-state index is 13.8. The molecule has 2 heterocycles. The molecule has 0 fully saturated rings. The number of aryl methyl sites for hydroxylation is 2. The second-order valence-electron chi connectivity index (χ2n) is 7.78. The second-order valence-corrected chi connectivity index (χ2v) is 8.51. The lowest BCUT2D eigenvalue weighted by Gasteiger charge is -2.13. The molecule has 4 aromatic rings. The van der Waals surface area contributed by atoms with Crippen molar-refractivity contribution in [3.05, 3.63) is 86.1 Å². The molecule has 10 heteroatoms. The van der Waals surface area contributed by atoms with Gasteiger partial charge in [0.2, 0.25) is 0 Å². The summed E-state index contributed by atoms with van der Waals surface area (Å²) in [6, 6.07) is 13.2. The Balaban J connectivity index is 1.93. The summed E-state index contributed by atoms with van der Waals surface area (Å²) in [5, 5.41) is 0. The van der Waals surface area contributed by atoms with Gasteiger partial charge in [0.15, 0.2) is 11.2 Å². The number of imidazole rings is 1. The van der Waals surface area contributed by atoms with Gasteiger partial charge in [-0.1, -0.05) is 51.2 Å². The van der Waals surface area contributed by atoms with E-state index in [1.165, 1.54) is 45.1 Å². The van der Waals surface area contributed by atoms with Gasteiger partial charge < -0.3 is 4.74 Å². The number of hydrogen-bond donors (Lipinski definition) is 0. The first kappa shape index (κ1) is 22.9. The summed E-state index contributed by atoms with van der Waals surface area (Å²) in [6.07, 6.45) is 0. The van der Waals surface area contributed by atoms with Gasteiger partial charge in [-0.25, -0.2) is 4.79 Å². The van der Waals surface area contributed by atoms with E-state index >= 15 is 0 Å². The smallest absolute Gasteiger partial charge is 0.332 e. The first-order chi connectivity index (χ1) is 15.6. The van der Waals surface area contributed by atoms with E-state index in [-0.39, 0.29) is 35.0 Å². The number of rotatable bonds is 6. The predicted octanol–water partition coefficient (Wildman–Crippen LogP) is 3.99. The number of halogens is 2. The average Bonchev–Trinajstić information content (AvgIpc) is 3.11. The Morgan fingerprint density at radius 2 is 1.79 bits per heavy atom. The zero-order chi connectivity index (χ0) is 23.9. The van der Waals surface area contributed by atoms with Crippen molar-refractivity contribution in [1.29, 1.82) is 0 Å². The van der Waals surface area contributed by atoms with E-state index in [0.29, 0.717) is 6.54 Å². The number of ether oxygens (including phenoxy) is 1. The van der Waals surface area contributed by atoms with E-state index in [1.807, 2.05) is 31.2 Å². The van der Waals surface area contributed by atoms with E-state index in [1.54, 1.807) is 11.5 Å². The predicted molar refractivity (Wildman–Crippen MR) is 125 cm³/mol. The standard InChI is InChI=1S/C23H23F2N4O3P/c1-4-28-19-18(20(30)27(3)22(28)31)29(13-15-10-8-14(2)9-11-15)21(26-19)32-17-7-5-6-16(12-17)23(24,25)33/h5-12H,4,13,33H2,1-3H3. The summed E-state index contributed by atoms with van der Waals surface area (Å²) in [7, 11) is 2.90. The van der Waals surface area contributed by atoms with Crippen molar-refractivity contribution in [3.63, 3.8) is 0 Å². The molecule has 1 unspecified atom stereocenters. The third kappa shape index (κ3) is 4.33. The molecule has 0 radical (unpaired) electrons. The lowest BCUT2D eigenvalue weighted by Crippen LogP contribution is -2.38. The van der Waals surface area contributed by atoms with Crippen molar-refractivity contribution in [2.45, 2.75) is 32.6 Å². The molecule has 0 saturated heterocycles. The van der Waals surface area contributed by atoms with Gasteiger partial charge in [-0.05, 0) is 31.5 Å². The molecular formula is C23H23F2N4O3P. The van der Waals surface area contributed by atoms with Crippen molar-refractivity contribution in [1.82, 2.24) is 18.7 Å². The van der Waals surface area contributed by atoms with Gasteiger partial charge >= 0.3 is 11.7 Å². The van der Waals surface area contributed by atoms with Gasteiger partial charge in [0.1, 0.15) is 5.75 Å². The quantitative estimate of drug-likeness (QED) is 0.398. The first-order valence-corrected chi connectivity index (χ1v) is 10.9. The van der Waals surface area contributed by atoms with Gasteiger partial charge in [-0.15, -0.1) is 0 Å². The number of fused-ring (bicyclic) bond motifs is 1. The topological polar surface area (TPSA) is 71.1 Å². The summed E-state index contributed by atoms with van der Waals surface area (Å²) in [5.74, 6) is 0.136. The number of aromatic nitrogens is 4.